The second-order valence-corrected chi connectivity index (χ2v) is 8.87. The number of rotatable bonds is 5. The van der Waals surface area contributed by atoms with E-state index in [1.54, 1.807) is 18.3 Å². The quantitative estimate of drug-likeness (QED) is 0.604. The van der Waals surface area contributed by atoms with Crippen LogP contribution in [-0.2, 0) is 6.18 Å². The van der Waals surface area contributed by atoms with Crippen molar-refractivity contribution in [3.05, 3.63) is 65.7 Å². The van der Waals surface area contributed by atoms with E-state index in [2.05, 4.69) is 25.5 Å². The number of carbonyl (C=O) groups excluding carboxylic acids is 1. The van der Waals surface area contributed by atoms with Gasteiger partial charge >= 0.3 is 6.18 Å². The number of aromatic nitrogens is 4. The van der Waals surface area contributed by atoms with E-state index in [0.717, 1.165) is 30.8 Å². The molecule has 0 bridgehead atoms. The lowest BCUT2D eigenvalue weighted by molar-refractivity contribution is -0.137. The van der Waals surface area contributed by atoms with Gasteiger partial charge in [-0.15, -0.1) is 0 Å². The van der Waals surface area contributed by atoms with Gasteiger partial charge in [0, 0.05) is 42.8 Å². The van der Waals surface area contributed by atoms with Gasteiger partial charge in [0.2, 0.25) is 0 Å². The fourth-order valence-electron chi connectivity index (χ4n) is 4.54. The van der Waals surface area contributed by atoms with Gasteiger partial charge in [-0.05, 0) is 68.0 Å². The molecule has 1 saturated carbocycles. The molecule has 1 amide bonds. The van der Waals surface area contributed by atoms with E-state index in [1.807, 2.05) is 24.0 Å². The molecule has 2 aliphatic rings. The molecule has 1 saturated heterocycles. The third kappa shape index (κ3) is 4.57. The molecule has 34 heavy (non-hydrogen) atoms. The molecule has 1 N–H and O–H groups in total. The monoisotopic (exact) mass is 468 g/mol. The number of fused-ring (bicyclic) bond motifs is 1. The number of pyridine rings is 2. The zero-order valence-corrected chi connectivity index (χ0v) is 18.5. The Labute approximate surface area is 194 Å². The second-order valence-electron chi connectivity index (χ2n) is 8.87. The van der Waals surface area contributed by atoms with E-state index in [-0.39, 0.29) is 11.9 Å². The van der Waals surface area contributed by atoms with Crippen molar-refractivity contribution in [2.75, 3.05) is 18.4 Å². The molecule has 176 valence electrons. The summed E-state index contributed by atoms with van der Waals surface area (Å²) in [5.74, 6) is 1.21. The molecule has 0 spiro atoms. The van der Waals surface area contributed by atoms with Gasteiger partial charge < -0.3 is 10.2 Å². The van der Waals surface area contributed by atoms with Gasteiger partial charge in [-0.3, -0.25) is 4.79 Å². The summed E-state index contributed by atoms with van der Waals surface area (Å²) >= 11 is 0. The number of carbonyl (C=O) groups is 1. The summed E-state index contributed by atoms with van der Waals surface area (Å²) in [6.45, 7) is 2.85. The minimum Gasteiger partial charge on any atom is -0.368 e. The predicted molar refractivity (Wildman–Crippen MR) is 119 cm³/mol. The van der Waals surface area contributed by atoms with Crippen molar-refractivity contribution in [3.8, 4) is 11.3 Å². The highest BCUT2D eigenvalue weighted by molar-refractivity contribution is 5.99. The highest BCUT2D eigenvalue weighted by Crippen LogP contribution is 2.47. The number of amides is 1. The van der Waals surface area contributed by atoms with Crippen LogP contribution in [-0.4, -0.2) is 50.1 Å². The van der Waals surface area contributed by atoms with E-state index in [9.17, 15) is 18.0 Å². The Kier molecular flexibility index (Phi) is 5.66. The van der Waals surface area contributed by atoms with Crippen LogP contribution >= 0.6 is 0 Å². The van der Waals surface area contributed by atoms with Crippen LogP contribution in [0.2, 0.25) is 0 Å². The molecule has 5 rings (SSSR count). The maximum absolute atomic E-state index is 13.7. The van der Waals surface area contributed by atoms with Crippen LogP contribution in [0.3, 0.4) is 0 Å². The van der Waals surface area contributed by atoms with Gasteiger partial charge in [0.1, 0.15) is 11.5 Å². The molecule has 0 radical (unpaired) electrons. The fourth-order valence-corrected chi connectivity index (χ4v) is 4.54. The van der Waals surface area contributed by atoms with Crippen LogP contribution in [0, 0.1) is 18.8 Å². The van der Waals surface area contributed by atoms with E-state index < -0.39 is 11.7 Å². The van der Waals surface area contributed by atoms with Crippen LogP contribution in [0.5, 0.6) is 0 Å². The molecular weight excluding hydrogens is 445 g/mol. The molecule has 10 heteroatoms. The van der Waals surface area contributed by atoms with Crippen LogP contribution < -0.4 is 5.32 Å². The number of hydrogen-bond donors (Lipinski definition) is 1. The minimum atomic E-state index is -4.43. The number of piperidine rings is 1. The first-order valence-electron chi connectivity index (χ1n) is 11.1. The summed E-state index contributed by atoms with van der Waals surface area (Å²) in [6, 6.07) is 9.41. The lowest BCUT2D eigenvalue weighted by Gasteiger charge is -2.36. The molecule has 1 aliphatic heterocycles. The molecule has 2 fully saturated rings. The van der Waals surface area contributed by atoms with E-state index in [0.29, 0.717) is 47.7 Å². The van der Waals surface area contributed by atoms with Crippen LogP contribution in [0.15, 0.2) is 48.8 Å². The SMILES string of the molecule is Cc1ccc(-c2cccnn2)c(C(=O)N2C[C@@H]3C[C@@H]3C[C@H]2CNc2ccc(C(F)(F)F)cn2)n1. The van der Waals surface area contributed by atoms with Gasteiger partial charge in [-0.1, -0.05) is 0 Å². The molecule has 1 aliphatic carbocycles. The Morgan fingerprint density at radius 2 is 2.00 bits per heavy atom. The molecule has 4 heterocycles. The van der Waals surface area contributed by atoms with Gasteiger partial charge in [0.05, 0.1) is 11.3 Å². The van der Waals surface area contributed by atoms with Crippen molar-refractivity contribution in [2.24, 2.45) is 11.8 Å². The maximum atomic E-state index is 13.7. The lowest BCUT2D eigenvalue weighted by atomic mass is 10.00. The first kappa shape index (κ1) is 22.2. The second kappa shape index (κ2) is 8.66. The zero-order chi connectivity index (χ0) is 23.9. The zero-order valence-electron chi connectivity index (χ0n) is 18.5. The highest BCUT2D eigenvalue weighted by Gasteiger charge is 2.47. The third-order valence-corrected chi connectivity index (χ3v) is 6.47. The lowest BCUT2D eigenvalue weighted by Crippen LogP contribution is -2.48. The van der Waals surface area contributed by atoms with Crippen molar-refractivity contribution >= 4 is 11.7 Å². The molecule has 7 nitrogen and oxygen atoms in total. The van der Waals surface area contributed by atoms with Crippen molar-refractivity contribution in [2.45, 2.75) is 32.0 Å². The van der Waals surface area contributed by atoms with Gasteiger partial charge in [0.25, 0.3) is 5.91 Å². The van der Waals surface area contributed by atoms with E-state index in [1.165, 1.54) is 6.07 Å². The predicted octanol–water partition coefficient (Wildman–Crippen LogP) is 4.22. The number of hydrogen-bond acceptors (Lipinski definition) is 6. The average Bonchev–Trinajstić information content (AvgIpc) is 3.60. The van der Waals surface area contributed by atoms with Crippen molar-refractivity contribution in [3.63, 3.8) is 0 Å². The van der Waals surface area contributed by atoms with Gasteiger partial charge in [-0.25, -0.2) is 9.97 Å². The molecule has 3 aromatic rings. The van der Waals surface area contributed by atoms with Crippen molar-refractivity contribution < 1.29 is 18.0 Å². The van der Waals surface area contributed by atoms with Gasteiger partial charge in [-0.2, -0.15) is 23.4 Å². The van der Waals surface area contributed by atoms with Crippen LogP contribution in [0.25, 0.3) is 11.3 Å². The topological polar surface area (TPSA) is 83.9 Å². The fraction of sp³-hybridized carbons (Fsp3) is 0.375. The van der Waals surface area contributed by atoms with E-state index in [4.69, 9.17) is 0 Å². The smallest absolute Gasteiger partial charge is 0.368 e. The number of alkyl halides is 3. The molecular formula is C24H23F3N6O. The first-order valence-corrected chi connectivity index (χ1v) is 11.1. The molecule has 3 aromatic heterocycles. The Morgan fingerprint density at radius 3 is 2.71 bits per heavy atom. The number of nitrogens with one attached hydrogen (secondary N) is 1. The number of likely N-dealkylation sites (tertiary alicyclic amines) is 1. The summed E-state index contributed by atoms with van der Waals surface area (Å²) in [7, 11) is 0. The first-order chi connectivity index (χ1) is 16.3. The minimum absolute atomic E-state index is 0.127. The standard InChI is InChI=1S/C24H23F3N6O/c1-14-4-6-19(20-3-2-8-30-32-20)22(31-14)23(34)33-13-16-9-15(16)10-18(33)12-29-21-7-5-17(11-28-21)24(25,26)27/h2-8,11,15-16,18H,9-10,12-13H2,1H3,(H,28,29)/t15-,16+,18+/m1/s1. The summed E-state index contributed by atoms with van der Waals surface area (Å²) in [5.41, 5.74) is 1.45. The average molecular weight is 468 g/mol. The molecule has 0 unspecified atom stereocenters. The summed E-state index contributed by atoms with van der Waals surface area (Å²) in [6.07, 6.45) is -0.136. The van der Waals surface area contributed by atoms with E-state index >= 15 is 0 Å². The Bertz CT molecular complexity index is 1190. The van der Waals surface area contributed by atoms with Gasteiger partial charge in [0.15, 0.2) is 0 Å². The molecule has 3 atom stereocenters. The van der Waals surface area contributed by atoms with Crippen molar-refractivity contribution in [1.82, 2.24) is 25.1 Å². The Hall–Kier alpha value is -3.56. The van der Waals surface area contributed by atoms with Crippen LogP contribution in [0.1, 0.15) is 34.6 Å². The maximum Gasteiger partial charge on any atom is 0.417 e. The normalized spacial score (nSPS) is 21.6. The molecule has 0 aromatic carbocycles. The largest absolute Gasteiger partial charge is 0.417 e. The van der Waals surface area contributed by atoms with Crippen molar-refractivity contribution in [1.29, 1.82) is 0 Å². The number of nitrogens with zero attached hydrogens (tertiary/aromatic N) is 5. The number of aryl methyl sites for hydroxylation is 1. The van der Waals surface area contributed by atoms with Crippen LogP contribution in [0.4, 0.5) is 19.0 Å². The highest BCUT2D eigenvalue weighted by atomic mass is 19.4. The number of anilines is 1. The number of halogens is 3. The third-order valence-electron chi connectivity index (χ3n) is 6.47. The summed E-state index contributed by atoms with van der Waals surface area (Å²) in [4.78, 5) is 24.0. The Morgan fingerprint density at radius 1 is 1.15 bits per heavy atom. The summed E-state index contributed by atoms with van der Waals surface area (Å²) in [5, 5.41) is 11.2. The summed E-state index contributed by atoms with van der Waals surface area (Å²) < 4.78 is 38.4. The Balaban J connectivity index is 1.37.